The summed E-state index contributed by atoms with van der Waals surface area (Å²) in [6.45, 7) is 0. The average Bonchev–Trinajstić information content (AvgIpc) is 2.99. The molecule has 2 heterocycles. The first-order chi connectivity index (χ1) is 14.2. The van der Waals surface area contributed by atoms with Crippen LogP contribution in [0, 0.1) is 5.92 Å². The summed E-state index contributed by atoms with van der Waals surface area (Å²) in [5.41, 5.74) is 4.12. The molecule has 0 saturated carbocycles. The second-order valence-corrected chi connectivity index (χ2v) is 8.79. The van der Waals surface area contributed by atoms with Gasteiger partial charge in [-0.05, 0) is 68.7 Å². The SMILES string of the molecule is COC(=O)C1[C@@H](c2ccc(CCCCc3ccccc3)cc2)CC2CC[C@H]1N2C. The highest BCUT2D eigenvalue weighted by molar-refractivity contribution is 5.75. The third-order valence-corrected chi connectivity index (χ3v) is 7.17. The Hall–Kier alpha value is -2.13. The molecule has 154 valence electrons. The highest BCUT2D eigenvalue weighted by atomic mass is 16.5. The van der Waals surface area contributed by atoms with Gasteiger partial charge in [-0.3, -0.25) is 9.69 Å². The van der Waals surface area contributed by atoms with Crippen LogP contribution in [0.2, 0.25) is 0 Å². The summed E-state index contributed by atoms with van der Waals surface area (Å²) in [5, 5.41) is 0. The molecule has 4 atom stereocenters. The largest absolute Gasteiger partial charge is 0.469 e. The van der Waals surface area contributed by atoms with Gasteiger partial charge in [-0.15, -0.1) is 0 Å². The van der Waals surface area contributed by atoms with E-state index in [1.165, 1.54) is 43.1 Å². The molecule has 2 unspecified atom stereocenters. The molecule has 3 heteroatoms. The Balaban J connectivity index is 1.37. The summed E-state index contributed by atoms with van der Waals surface area (Å²) >= 11 is 0. The Kier molecular flexibility index (Phi) is 6.34. The maximum atomic E-state index is 12.6. The number of benzene rings is 2. The summed E-state index contributed by atoms with van der Waals surface area (Å²) in [7, 11) is 3.70. The lowest BCUT2D eigenvalue weighted by molar-refractivity contribution is -0.150. The van der Waals surface area contributed by atoms with Crippen molar-refractivity contribution in [3.05, 3.63) is 71.3 Å². The topological polar surface area (TPSA) is 29.5 Å². The van der Waals surface area contributed by atoms with Gasteiger partial charge < -0.3 is 4.74 Å². The van der Waals surface area contributed by atoms with Crippen molar-refractivity contribution in [2.45, 2.75) is 62.9 Å². The van der Waals surface area contributed by atoms with Crippen LogP contribution in [0.3, 0.4) is 0 Å². The highest BCUT2D eigenvalue weighted by Gasteiger charge is 2.49. The van der Waals surface area contributed by atoms with Gasteiger partial charge in [-0.25, -0.2) is 0 Å². The van der Waals surface area contributed by atoms with Crippen molar-refractivity contribution in [1.29, 1.82) is 0 Å². The number of carbonyl (C=O) groups excluding carboxylic acids is 1. The van der Waals surface area contributed by atoms with Gasteiger partial charge >= 0.3 is 5.97 Å². The number of esters is 1. The Morgan fingerprint density at radius 3 is 2.28 bits per heavy atom. The van der Waals surface area contributed by atoms with Crippen LogP contribution >= 0.6 is 0 Å². The number of rotatable bonds is 7. The molecule has 2 saturated heterocycles. The van der Waals surface area contributed by atoms with Crippen molar-refractivity contribution in [2.24, 2.45) is 5.92 Å². The number of unbranched alkanes of at least 4 members (excludes halogenated alkanes) is 1. The van der Waals surface area contributed by atoms with Crippen LogP contribution in [-0.2, 0) is 22.4 Å². The standard InChI is InChI=1S/C26H33NO2/c1-27-22-16-17-24(27)25(26(28)29-2)23(18-22)21-14-12-20(13-15-21)11-7-6-10-19-8-4-3-5-9-19/h3-5,8-9,12-15,22-25H,6-7,10-11,16-18H2,1-2H3/t22?,23-,24-,25?/m1/s1. The molecule has 0 radical (unpaired) electrons. The van der Waals surface area contributed by atoms with E-state index in [1.54, 1.807) is 0 Å². The summed E-state index contributed by atoms with van der Waals surface area (Å²) < 4.78 is 5.20. The number of methoxy groups -OCH3 is 1. The van der Waals surface area contributed by atoms with Crippen LogP contribution < -0.4 is 0 Å². The zero-order valence-electron chi connectivity index (χ0n) is 17.7. The Bertz CT molecular complexity index is 801. The number of fused-ring (bicyclic) bond motifs is 2. The average molecular weight is 392 g/mol. The van der Waals surface area contributed by atoms with Crippen LogP contribution in [0.4, 0.5) is 0 Å². The van der Waals surface area contributed by atoms with E-state index in [0.717, 1.165) is 25.7 Å². The summed E-state index contributed by atoms with van der Waals surface area (Å²) in [5.74, 6) is 0.195. The van der Waals surface area contributed by atoms with Gasteiger partial charge in [0.05, 0.1) is 13.0 Å². The Morgan fingerprint density at radius 2 is 1.62 bits per heavy atom. The van der Waals surface area contributed by atoms with E-state index in [4.69, 9.17) is 4.74 Å². The molecule has 0 aliphatic carbocycles. The van der Waals surface area contributed by atoms with Crippen LogP contribution in [0.15, 0.2) is 54.6 Å². The predicted octanol–water partition coefficient (Wildman–Crippen LogP) is 4.99. The number of hydrogen-bond acceptors (Lipinski definition) is 3. The minimum Gasteiger partial charge on any atom is -0.469 e. The molecule has 3 nitrogen and oxygen atoms in total. The molecular formula is C26H33NO2. The van der Waals surface area contributed by atoms with Gasteiger partial charge in [0, 0.05) is 18.0 Å². The van der Waals surface area contributed by atoms with Crippen molar-refractivity contribution < 1.29 is 9.53 Å². The molecule has 4 rings (SSSR count). The molecule has 0 spiro atoms. The second-order valence-electron chi connectivity index (χ2n) is 8.79. The summed E-state index contributed by atoms with van der Waals surface area (Å²) in [4.78, 5) is 15.0. The summed E-state index contributed by atoms with van der Waals surface area (Å²) in [6, 6.07) is 20.7. The van der Waals surface area contributed by atoms with E-state index in [2.05, 4.69) is 66.5 Å². The fourth-order valence-corrected chi connectivity index (χ4v) is 5.50. The fourth-order valence-electron chi connectivity index (χ4n) is 5.50. The van der Waals surface area contributed by atoms with Gasteiger partial charge in [0.1, 0.15) is 0 Å². The minimum absolute atomic E-state index is 0.0412. The number of nitrogens with zero attached hydrogens (tertiary/aromatic N) is 1. The molecule has 0 aromatic heterocycles. The Labute approximate surface area is 175 Å². The molecule has 2 fully saturated rings. The molecular weight excluding hydrogens is 358 g/mol. The molecule has 0 amide bonds. The van der Waals surface area contributed by atoms with Crippen molar-refractivity contribution in [3.8, 4) is 0 Å². The number of carbonyl (C=O) groups is 1. The smallest absolute Gasteiger partial charge is 0.310 e. The van der Waals surface area contributed by atoms with Crippen molar-refractivity contribution in [3.63, 3.8) is 0 Å². The fraction of sp³-hybridized carbons (Fsp3) is 0.500. The predicted molar refractivity (Wildman–Crippen MR) is 117 cm³/mol. The van der Waals surface area contributed by atoms with Crippen LogP contribution in [0.1, 0.15) is 54.7 Å². The van der Waals surface area contributed by atoms with Gasteiger partial charge in [-0.1, -0.05) is 54.6 Å². The zero-order chi connectivity index (χ0) is 20.2. The van der Waals surface area contributed by atoms with Gasteiger partial charge in [0.2, 0.25) is 0 Å². The van der Waals surface area contributed by atoms with E-state index < -0.39 is 0 Å². The number of aryl methyl sites for hydroxylation is 2. The van der Waals surface area contributed by atoms with E-state index in [9.17, 15) is 4.79 Å². The molecule has 2 aromatic carbocycles. The number of ether oxygens (including phenoxy) is 1. The monoisotopic (exact) mass is 391 g/mol. The van der Waals surface area contributed by atoms with Crippen molar-refractivity contribution in [1.82, 2.24) is 4.90 Å². The van der Waals surface area contributed by atoms with E-state index in [1.807, 2.05) is 0 Å². The molecule has 29 heavy (non-hydrogen) atoms. The maximum absolute atomic E-state index is 12.6. The van der Waals surface area contributed by atoms with Gasteiger partial charge in [-0.2, -0.15) is 0 Å². The van der Waals surface area contributed by atoms with E-state index in [-0.39, 0.29) is 17.8 Å². The molecule has 2 bridgehead atoms. The first kappa shape index (κ1) is 20.2. The maximum Gasteiger partial charge on any atom is 0.310 e. The van der Waals surface area contributed by atoms with E-state index >= 15 is 0 Å². The third kappa shape index (κ3) is 4.40. The summed E-state index contributed by atoms with van der Waals surface area (Å²) in [6.07, 6.45) is 8.06. The molecule has 2 aromatic rings. The second kappa shape index (κ2) is 9.13. The molecule has 2 aliphatic rings. The first-order valence-corrected chi connectivity index (χ1v) is 11.1. The molecule has 0 N–H and O–H groups in total. The number of piperidine rings is 1. The zero-order valence-corrected chi connectivity index (χ0v) is 17.7. The first-order valence-electron chi connectivity index (χ1n) is 11.1. The van der Waals surface area contributed by atoms with E-state index in [0.29, 0.717) is 12.1 Å². The lowest BCUT2D eigenvalue weighted by Crippen LogP contribution is -2.49. The van der Waals surface area contributed by atoms with Crippen molar-refractivity contribution in [2.75, 3.05) is 14.2 Å². The van der Waals surface area contributed by atoms with Crippen LogP contribution in [0.25, 0.3) is 0 Å². The highest BCUT2D eigenvalue weighted by Crippen LogP contribution is 2.46. The lowest BCUT2D eigenvalue weighted by Gasteiger charge is -2.41. The third-order valence-electron chi connectivity index (χ3n) is 7.17. The lowest BCUT2D eigenvalue weighted by atomic mass is 9.76. The van der Waals surface area contributed by atoms with Gasteiger partial charge in [0.25, 0.3) is 0 Å². The molecule has 2 aliphatic heterocycles. The quantitative estimate of drug-likeness (QED) is 0.492. The minimum atomic E-state index is -0.0443. The van der Waals surface area contributed by atoms with Crippen molar-refractivity contribution >= 4 is 5.97 Å². The number of hydrogen-bond donors (Lipinski definition) is 0. The Morgan fingerprint density at radius 1 is 0.966 bits per heavy atom. The van der Waals surface area contributed by atoms with Crippen LogP contribution in [-0.4, -0.2) is 37.1 Å². The normalized spacial score (nSPS) is 26.4. The van der Waals surface area contributed by atoms with Gasteiger partial charge in [0.15, 0.2) is 0 Å². The van der Waals surface area contributed by atoms with Crippen LogP contribution in [0.5, 0.6) is 0 Å².